The van der Waals surface area contributed by atoms with Crippen molar-refractivity contribution >= 4 is 0 Å². The second-order valence-corrected chi connectivity index (χ2v) is 0. The van der Waals surface area contributed by atoms with Gasteiger partial charge in [0, 0.05) is 0 Å². The molecule has 0 spiro atoms. The Bertz CT molecular complexity index is 3.25. The van der Waals surface area contributed by atoms with Crippen LogP contribution >= 0.6 is 0 Å². The summed E-state index contributed by atoms with van der Waals surface area (Å²) >= 11 is 0. The fourth-order valence-electron chi connectivity index (χ4n) is 0. The zero-order valence-corrected chi connectivity index (χ0v) is 9.45. The van der Waals surface area contributed by atoms with Gasteiger partial charge in [0.2, 0.25) is 0 Å². The Morgan fingerprint density at radius 1 is 0.500 bits per heavy atom. The molecular formula is NNa3. The van der Waals surface area contributed by atoms with Crippen molar-refractivity contribution < 1.29 is 88.7 Å². The molecule has 0 fully saturated rings. The van der Waals surface area contributed by atoms with E-state index < -0.39 is 0 Å². The summed E-state index contributed by atoms with van der Waals surface area (Å²) in [4.78, 5) is 0. The average Bonchev–Trinajstić information content (AvgIpc) is 0. The molecule has 0 radical (unpaired) electrons. The molecule has 0 saturated heterocycles. The van der Waals surface area contributed by atoms with Gasteiger partial charge < -0.3 is 6.15 Å². The summed E-state index contributed by atoms with van der Waals surface area (Å²) in [6, 6.07) is 0. The summed E-state index contributed by atoms with van der Waals surface area (Å²) < 4.78 is 0. The van der Waals surface area contributed by atoms with Crippen LogP contribution in [0.5, 0.6) is 0 Å². The van der Waals surface area contributed by atoms with Crippen LogP contribution in [0.4, 0.5) is 0 Å². The molecule has 0 heterocycles. The van der Waals surface area contributed by atoms with Crippen LogP contribution in [-0.2, 0) is 0 Å². The van der Waals surface area contributed by atoms with Crippen molar-refractivity contribution in [2.24, 2.45) is 0 Å². The normalized spacial score (nSPS) is 0. The molecule has 0 aromatic heterocycles. The van der Waals surface area contributed by atoms with Gasteiger partial charge in [-0.2, -0.15) is 0 Å². The Balaban J connectivity index is 0. The van der Waals surface area contributed by atoms with E-state index in [-0.39, 0.29) is 94.8 Å². The summed E-state index contributed by atoms with van der Waals surface area (Å²) in [7, 11) is 0. The van der Waals surface area contributed by atoms with E-state index in [4.69, 9.17) is 0 Å². The van der Waals surface area contributed by atoms with Crippen molar-refractivity contribution in [2.75, 3.05) is 0 Å². The minimum absolute atomic E-state index is 0. The third-order valence-electron chi connectivity index (χ3n) is 0. The van der Waals surface area contributed by atoms with Crippen LogP contribution in [0.3, 0.4) is 0 Å². The molecule has 0 aromatic carbocycles. The average molecular weight is 83.0 g/mol. The zero-order valence-electron chi connectivity index (χ0n) is 3.45. The van der Waals surface area contributed by atoms with Crippen molar-refractivity contribution in [1.29, 1.82) is 0 Å². The predicted octanol–water partition coefficient (Wildman–Crippen LogP) is -8.70. The number of hydrogen-bond acceptors (Lipinski definition) is 0. The first-order chi connectivity index (χ1) is 0. The Morgan fingerprint density at radius 2 is 0.500 bits per heavy atom. The van der Waals surface area contributed by atoms with E-state index in [1.165, 1.54) is 0 Å². The second-order valence-electron chi connectivity index (χ2n) is 0. The fraction of sp³-hybridized carbons (Fsp3) is 0. The summed E-state index contributed by atoms with van der Waals surface area (Å²) in [5.74, 6) is 0. The van der Waals surface area contributed by atoms with Crippen molar-refractivity contribution in [1.82, 2.24) is 0 Å². The summed E-state index contributed by atoms with van der Waals surface area (Å²) in [6.45, 7) is 0. The summed E-state index contributed by atoms with van der Waals surface area (Å²) in [5.41, 5.74) is 0. The third-order valence-corrected chi connectivity index (χ3v) is 0. The van der Waals surface area contributed by atoms with Crippen LogP contribution in [0.25, 0.3) is 6.15 Å². The first kappa shape index (κ1) is 28.2. The van der Waals surface area contributed by atoms with Gasteiger partial charge in [-0.05, 0) is 0 Å². The Hall–Kier alpha value is 2.96. The first-order valence-electron chi connectivity index (χ1n) is 0. The second kappa shape index (κ2) is 16.7. The number of rotatable bonds is 0. The minimum Gasteiger partial charge on any atom is -3.00 e. The molecule has 0 aliphatic rings. The maximum atomic E-state index is 0. The molecule has 1 nitrogen and oxygen atoms in total. The molecule has 0 atom stereocenters. The van der Waals surface area contributed by atoms with Crippen LogP contribution < -0.4 is 88.7 Å². The Kier molecular flexibility index (Phi) is 118. The van der Waals surface area contributed by atoms with E-state index in [1.807, 2.05) is 0 Å². The molecule has 8 valence electrons. The van der Waals surface area contributed by atoms with E-state index in [0.29, 0.717) is 0 Å². The minimum atomic E-state index is 0. The standard InChI is InChI=1S/N.3Na/q-3;3*+1. The van der Waals surface area contributed by atoms with Crippen LogP contribution in [0.15, 0.2) is 0 Å². The molecule has 0 aromatic rings. The van der Waals surface area contributed by atoms with E-state index in [1.54, 1.807) is 0 Å². The predicted molar refractivity (Wildman–Crippen MR) is 3.36 cm³/mol. The van der Waals surface area contributed by atoms with Gasteiger partial charge in [-0.1, -0.05) is 0 Å². The van der Waals surface area contributed by atoms with Crippen LogP contribution in [0.2, 0.25) is 0 Å². The van der Waals surface area contributed by atoms with Gasteiger partial charge in [-0.3, -0.25) is 0 Å². The largest absolute Gasteiger partial charge is 3.00 e. The van der Waals surface area contributed by atoms with Crippen molar-refractivity contribution in [3.63, 3.8) is 0 Å². The van der Waals surface area contributed by atoms with Crippen molar-refractivity contribution in [3.05, 3.63) is 6.15 Å². The monoisotopic (exact) mass is 83.0 g/mol. The fourth-order valence-corrected chi connectivity index (χ4v) is 0. The van der Waals surface area contributed by atoms with Crippen molar-refractivity contribution in [3.8, 4) is 0 Å². The van der Waals surface area contributed by atoms with Crippen molar-refractivity contribution in [2.45, 2.75) is 0 Å². The third kappa shape index (κ3) is 8.88. The van der Waals surface area contributed by atoms with E-state index in [2.05, 4.69) is 0 Å². The number of nitrogens with zero attached hydrogens (tertiary/aromatic N) is 1. The summed E-state index contributed by atoms with van der Waals surface area (Å²) in [6.07, 6.45) is 0. The Morgan fingerprint density at radius 3 is 0.500 bits per heavy atom. The number of hydrogen-bond donors (Lipinski definition) is 0. The molecule has 0 N–H and O–H groups in total. The molecular weight excluding hydrogens is 83.0 g/mol. The molecule has 0 aliphatic carbocycles. The smallest absolute Gasteiger partial charge is 1.00 e. The molecule has 4 heavy (non-hydrogen) atoms. The maximum absolute atomic E-state index is 0. The molecule has 0 saturated carbocycles. The summed E-state index contributed by atoms with van der Waals surface area (Å²) in [5, 5.41) is 0. The molecule has 0 rings (SSSR count). The quantitative estimate of drug-likeness (QED) is 0.260. The molecule has 0 unspecified atom stereocenters. The van der Waals surface area contributed by atoms with Gasteiger partial charge in [-0.25, -0.2) is 0 Å². The van der Waals surface area contributed by atoms with Crippen LogP contribution in [0.1, 0.15) is 0 Å². The molecule has 4 heteroatoms. The molecule has 0 bridgehead atoms. The van der Waals surface area contributed by atoms with E-state index >= 15 is 0 Å². The molecule has 0 aliphatic heterocycles. The molecule has 0 amide bonds. The van der Waals surface area contributed by atoms with Gasteiger partial charge >= 0.3 is 88.7 Å². The SMILES string of the molecule is [N-3].[Na+].[Na+].[Na+]. The van der Waals surface area contributed by atoms with Crippen LogP contribution in [0, 0.1) is 0 Å². The van der Waals surface area contributed by atoms with Gasteiger partial charge in [-0.15, -0.1) is 0 Å². The van der Waals surface area contributed by atoms with Gasteiger partial charge in [0.1, 0.15) is 0 Å². The maximum Gasteiger partial charge on any atom is 1.00 e. The van der Waals surface area contributed by atoms with Gasteiger partial charge in [0.25, 0.3) is 0 Å². The van der Waals surface area contributed by atoms with E-state index in [9.17, 15) is 0 Å². The topological polar surface area (TPSA) is 30.5 Å². The Labute approximate surface area is 92.7 Å². The van der Waals surface area contributed by atoms with Gasteiger partial charge in [0.05, 0.1) is 0 Å². The van der Waals surface area contributed by atoms with Crippen LogP contribution in [-0.4, -0.2) is 0 Å². The van der Waals surface area contributed by atoms with E-state index in [0.717, 1.165) is 0 Å². The first-order valence-corrected chi connectivity index (χ1v) is 0. The van der Waals surface area contributed by atoms with Gasteiger partial charge in [0.15, 0.2) is 0 Å². The zero-order chi connectivity index (χ0) is 0.